The Morgan fingerprint density at radius 1 is 1.11 bits per heavy atom. The highest BCUT2D eigenvalue weighted by molar-refractivity contribution is 7.17. The topological polar surface area (TPSA) is 102 Å². The molecule has 3 aromatic rings. The molecule has 1 amide bonds. The second kappa shape index (κ2) is 12.4. The minimum absolute atomic E-state index is 0.146. The molecule has 1 aliphatic rings. The van der Waals surface area contributed by atoms with Gasteiger partial charge < -0.3 is 14.8 Å². The third-order valence-corrected chi connectivity index (χ3v) is 7.25. The normalized spacial score (nSPS) is 16.4. The zero-order valence-corrected chi connectivity index (χ0v) is 21.2. The van der Waals surface area contributed by atoms with Crippen molar-refractivity contribution in [1.82, 2.24) is 5.32 Å². The van der Waals surface area contributed by atoms with E-state index in [1.54, 1.807) is 11.3 Å². The van der Waals surface area contributed by atoms with Crippen LogP contribution in [0.5, 0.6) is 0 Å². The SMILES string of the molecule is CCCC[C@@H](C(=O)OC)C1N=NN=C1[C@H](Cc1csc2ccccc12)NC(=O)OCc1ccccc1. The minimum atomic E-state index is -0.603. The standard InChI is InChI=1S/C27H30N4O4S/c1-3-4-12-21(26(32)34-2)24-25(30-31-29-24)22(15-19-17-36-23-14-9-8-13-20(19)23)28-27(33)35-16-18-10-6-5-7-11-18/h5-11,13-14,17,21-22,24H,3-4,12,15-16H2,1-2H3,(H,28,33)/t21-,22+,24?/m1/s1. The largest absolute Gasteiger partial charge is 0.469 e. The van der Waals surface area contributed by atoms with Gasteiger partial charge in [-0.25, -0.2) is 4.79 Å². The number of benzene rings is 2. The van der Waals surface area contributed by atoms with Gasteiger partial charge in [0, 0.05) is 4.70 Å². The van der Waals surface area contributed by atoms with Crippen LogP contribution < -0.4 is 5.32 Å². The number of alkyl carbamates (subject to hydrolysis) is 1. The lowest BCUT2D eigenvalue weighted by atomic mass is 9.86. The molecule has 188 valence electrons. The van der Waals surface area contributed by atoms with Crippen molar-refractivity contribution in [3.8, 4) is 0 Å². The molecule has 0 bridgehead atoms. The molecule has 36 heavy (non-hydrogen) atoms. The van der Waals surface area contributed by atoms with E-state index in [9.17, 15) is 9.59 Å². The van der Waals surface area contributed by atoms with Gasteiger partial charge in [-0.2, -0.15) is 5.11 Å². The summed E-state index contributed by atoms with van der Waals surface area (Å²) in [4.78, 5) is 25.5. The zero-order valence-electron chi connectivity index (χ0n) is 20.4. The van der Waals surface area contributed by atoms with Crippen molar-refractivity contribution in [2.75, 3.05) is 7.11 Å². The highest BCUT2D eigenvalue weighted by Gasteiger charge is 2.39. The molecule has 4 rings (SSSR count). The Labute approximate surface area is 214 Å². The zero-order chi connectivity index (χ0) is 25.3. The number of rotatable bonds is 11. The minimum Gasteiger partial charge on any atom is -0.469 e. The van der Waals surface area contributed by atoms with Gasteiger partial charge in [-0.3, -0.25) is 4.79 Å². The lowest BCUT2D eigenvalue weighted by molar-refractivity contribution is -0.145. The van der Waals surface area contributed by atoms with Gasteiger partial charge in [-0.1, -0.05) is 68.3 Å². The van der Waals surface area contributed by atoms with Crippen molar-refractivity contribution in [3.63, 3.8) is 0 Å². The Morgan fingerprint density at radius 3 is 2.67 bits per heavy atom. The molecule has 0 fully saturated rings. The van der Waals surface area contributed by atoms with E-state index in [4.69, 9.17) is 9.47 Å². The third kappa shape index (κ3) is 6.15. The van der Waals surface area contributed by atoms with Crippen molar-refractivity contribution in [2.45, 2.75) is 51.3 Å². The third-order valence-electron chi connectivity index (χ3n) is 6.24. The van der Waals surface area contributed by atoms with Gasteiger partial charge in [0.15, 0.2) is 0 Å². The van der Waals surface area contributed by atoms with Gasteiger partial charge in [0.05, 0.1) is 24.8 Å². The second-order valence-corrected chi connectivity index (χ2v) is 9.58. The molecular weight excluding hydrogens is 476 g/mol. The Balaban J connectivity index is 1.57. The quantitative estimate of drug-likeness (QED) is 0.327. The smallest absolute Gasteiger partial charge is 0.408 e. The first kappa shape index (κ1) is 25.5. The van der Waals surface area contributed by atoms with E-state index >= 15 is 0 Å². The number of thiophene rings is 1. The van der Waals surface area contributed by atoms with Crippen LogP contribution in [0.25, 0.3) is 10.1 Å². The van der Waals surface area contributed by atoms with E-state index in [-0.39, 0.29) is 12.6 Å². The highest BCUT2D eigenvalue weighted by atomic mass is 32.1. The van der Waals surface area contributed by atoms with Gasteiger partial charge in [0.2, 0.25) is 0 Å². The van der Waals surface area contributed by atoms with Crippen molar-refractivity contribution in [3.05, 3.63) is 71.1 Å². The number of esters is 1. The number of hydrogen-bond donors (Lipinski definition) is 1. The molecular formula is C27H30N4O4S. The summed E-state index contributed by atoms with van der Waals surface area (Å²) >= 11 is 1.65. The number of ether oxygens (including phenoxy) is 2. The van der Waals surface area contributed by atoms with E-state index in [1.807, 2.05) is 42.5 Å². The summed E-state index contributed by atoms with van der Waals surface area (Å²) < 4.78 is 11.7. The first-order valence-corrected chi connectivity index (χ1v) is 13.0. The molecule has 0 saturated carbocycles. The van der Waals surface area contributed by atoms with E-state index in [1.165, 1.54) is 7.11 Å². The molecule has 3 atom stereocenters. The molecule has 1 aromatic heterocycles. The van der Waals surface area contributed by atoms with Crippen molar-refractivity contribution in [1.29, 1.82) is 0 Å². The van der Waals surface area contributed by atoms with Crippen LogP contribution in [0.15, 0.2) is 75.4 Å². The number of methoxy groups -OCH3 is 1. The number of unbranched alkanes of at least 4 members (excludes halogenated alkanes) is 1. The summed E-state index contributed by atoms with van der Waals surface area (Å²) in [5.74, 6) is -0.878. The molecule has 1 N–H and O–H groups in total. The average Bonchev–Trinajstić information content (AvgIpc) is 3.55. The predicted molar refractivity (Wildman–Crippen MR) is 140 cm³/mol. The molecule has 0 radical (unpaired) electrons. The molecule has 8 nitrogen and oxygen atoms in total. The summed E-state index contributed by atoms with van der Waals surface area (Å²) in [5, 5.41) is 18.7. The number of fused-ring (bicyclic) bond motifs is 1. The van der Waals surface area contributed by atoms with Crippen LogP contribution in [0.4, 0.5) is 4.79 Å². The Bertz CT molecular complexity index is 1240. The first-order valence-electron chi connectivity index (χ1n) is 12.1. The Hall–Kier alpha value is -3.59. The average molecular weight is 507 g/mol. The maximum Gasteiger partial charge on any atom is 0.408 e. The van der Waals surface area contributed by atoms with Crippen LogP contribution in [0, 0.1) is 5.92 Å². The van der Waals surface area contributed by atoms with E-state index in [2.05, 4.69) is 45.2 Å². The van der Waals surface area contributed by atoms with Crippen LogP contribution >= 0.6 is 11.3 Å². The summed E-state index contributed by atoms with van der Waals surface area (Å²) in [6, 6.07) is 16.5. The molecule has 2 aromatic carbocycles. The fourth-order valence-corrected chi connectivity index (χ4v) is 5.32. The summed E-state index contributed by atoms with van der Waals surface area (Å²) in [5.41, 5.74) is 2.49. The van der Waals surface area contributed by atoms with E-state index in [0.29, 0.717) is 18.6 Å². The molecule has 0 spiro atoms. The van der Waals surface area contributed by atoms with Crippen LogP contribution in [0.2, 0.25) is 0 Å². The van der Waals surface area contributed by atoms with Gasteiger partial charge in [0.1, 0.15) is 12.6 Å². The van der Waals surface area contributed by atoms with Crippen LogP contribution in [0.3, 0.4) is 0 Å². The number of carbonyl (C=O) groups excluding carboxylic acids is 2. The predicted octanol–water partition coefficient (Wildman–Crippen LogP) is 5.91. The molecule has 0 saturated heterocycles. The van der Waals surface area contributed by atoms with Crippen LogP contribution in [0.1, 0.15) is 37.3 Å². The van der Waals surface area contributed by atoms with Crippen molar-refractivity contribution >= 4 is 39.2 Å². The lowest BCUT2D eigenvalue weighted by Crippen LogP contribution is -2.48. The van der Waals surface area contributed by atoms with Gasteiger partial charge in [-0.05, 0) is 46.0 Å². The number of carbonyl (C=O) groups is 2. The van der Waals surface area contributed by atoms with Crippen molar-refractivity contribution in [2.24, 2.45) is 21.4 Å². The van der Waals surface area contributed by atoms with Gasteiger partial charge in [-0.15, -0.1) is 16.4 Å². The number of amides is 1. The molecule has 1 unspecified atom stereocenters. The second-order valence-electron chi connectivity index (χ2n) is 8.67. The summed E-state index contributed by atoms with van der Waals surface area (Å²) in [7, 11) is 1.37. The summed E-state index contributed by atoms with van der Waals surface area (Å²) in [6.07, 6.45) is 2.26. The monoisotopic (exact) mass is 506 g/mol. The highest BCUT2D eigenvalue weighted by Crippen LogP contribution is 2.29. The fraction of sp³-hybridized carbons (Fsp3) is 0.370. The maximum absolute atomic E-state index is 12.9. The number of nitrogens with one attached hydrogen (secondary N) is 1. The van der Waals surface area contributed by atoms with Gasteiger partial charge >= 0.3 is 12.1 Å². The molecule has 2 heterocycles. The molecule has 9 heteroatoms. The lowest BCUT2D eigenvalue weighted by Gasteiger charge is -2.25. The van der Waals surface area contributed by atoms with E-state index in [0.717, 1.165) is 34.1 Å². The fourth-order valence-electron chi connectivity index (χ4n) is 4.34. The Morgan fingerprint density at radius 2 is 1.89 bits per heavy atom. The van der Waals surface area contributed by atoms with E-state index < -0.39 is 24.1 Å². The number of hydrogen-bond acceptors (Lipinski definition) is 8. The maximum atomic E-state index is 12.9. The Kier molecular flexibility index (Phi) is 8.78. The van der Waals surface area contributed by atoms with Crippen molar-refractivity contribution < 1.29 is 19.1 Å². The number of nitrogens with zero attached hydrogens (tertiary/aromatic N) is 3. The van der Waals surface area contributed by atoms with Crippen LogP contribution in [-0.4, -0.2) is 37.0 Å². The van der Waals surface area contributed by atoms with Crippen LogP contribution in [-0.2, 0) is 27.3 Å². The summed E-state index contributed by atoms with van der Waals surface area (Å²) in [6.45, 7) is 2.21. The molecule has 1 aliphatic heterocycles. The van der Waals surface area contributed by atoms with Gasteiger partial charge in [0.25, 0.3) is 0 Å². The molecule has 0 aliphatic carbocycles. The first-order chi connectivity index (χ1) is 17.6.